The van der Waals surface area contributed by atoms with Crippen LogP contribution >= 0.6 is 11.3 Å². The molecule has 2 aliphatic carbocycles. The standard InChI is InChI=1S/C29H29FN4O5S2/c30-23-13-18(10-11-26(23)41(31,37)38)12-22-25(14-17-8-9-17)34(29-32-24(16-40-29)28(35)36)33-27(22)19-4-3-7-21(15-19)39-20-5-1-2-6-20/h3-4,7,10-11,13,15-17,20H,1-2,5-6,8-9,12,14H2,(H,35,36)(H2,31,37,38). The van der Waals surface area contributed by atoms with Gasteiger partial charge in [0.15, 0.2) is 5.69 Å². The summed E-state index contributed by atoms with van der Waals surface area (Å²) in [5.41, 5.74) is 3.66. The van der Waals surface area contributed by atoms with E-state index in [1.165, 1.54) is 28.8 Å². The van der Waals surface area contributed by atoms with E-state index in [9.17, 15) is 22.7 Å². The molecule has 4 aromatic rings. The van der Waals surface area contributed by atoms with Crippen molar-refractivity contribution >= 4 is 27.3 Å². The second-order valence-electron chi connectivity index (χ2n) is 10.7. The number of carbonyl (C=O) groups is 1. The molecule has 12 heteroatoms. The maximum atomic E-state index is 14.8. The number of aromatic nitrogens is 3. The minimum Gasteiger partial charge on any atom is -0.490 e. The van der Waals surface area contributed by atoms with Crippen LogP contribution in [0.5, 0.6) is 5.75 Å². The van der Waals surface area contributed by atoms with Crippen LogP contribution in [0.25, 0.3) is 16.4 Å². The quantitative estimate of drug-likeness (QED) is 0.252. The van der Waals surface area contributed by atoms with Gasteiger partial charge < -0.3 is 9.84 Å². The molecule has 0 aliphatic heterocycles. The summed E-state index contributed by atoms with van der Waals surface area (Å²) in [7, 11) is -4.20. The number of sulfonamides is 1. The molecule has 214 valence electrons. The Morgan fingerprint density at radius 3 is 2.59 bits per heavy atom. The third kappa shape index (κ3) is 6.04. The lowest BCUT2D eigenvalue weighted by molar-refractivity contribution is 0.0691. The molecule has 2 heterocycles. The highest BCUT2D eigenvalue weighted by Gasteiger charge is 2.30. The topological polar surface area (TPSA) is 137 Å². The average molecular weight is 597 g/mol. The first kappa shape index (κ1) is 27.6. The molecule has 0 saturated heterocycles. The first-order chi connectivity index (χ1) is 19.7. The van der Waals surface area contributed by atoms with E-state index in [1.807, 2.05) is 24.3 Å². The summed E-state index contributed by atoms with van der Waals surface area (Å²) < 4.78 is 46.3. The third-order valence-electron chi connectivity index (χ3n) is 7.56. The molecular weight excluding hydrogens is 567 g/mol. The van der Waals surface area contributed by atoms with Gasteiger partial charge in [-0.25, -0.2) is 32.4 Å². The van der Waals surface area contributed by atoms with E-state index < -0.39 is 26.7 Å². The predicted molar refractivity (Wildman–Crippen MR) is 152 cm³/mol. The molecule has 0 amide bonds. The van der Waals surface area contributed by atoms with Gasteiger partial charge in [0.1, 0.15) is 16.5 Å². The van der Waals surface area contributed by atoms with Crippen molar-refractivity contribution in [2.45, 2.75) is 62.4 Å². The van der Waals surface area contributed by atoms with Gasteiger partial charge in [-0.15, -0.1) is 11.3 Å². The van der Waals surface area contributed by atoms with Crippen LogP contribution in [0.15, 0.2) is 52.7 Å². The normalized spacial score (nSPS) is 15.9. The Hall–Kier alpha value is -3.61. The Kier molecular flexibility index (Phi) is 7.39. The summed E-state index contributed by atoms with van der Waals surface area (Å²) in [5.74, 6) is -0.842. The van der Waals surface area contributed by atoms with Crippen LogP contribution in [0.3, 0.4) is 0 Å². The van der Waals surface area contributed by atoms with Crippen molar-refractivity contribution in [2.75, 3.05) is 0 Å². The van der Waals surface area contributed by atoms with Gasteiger partial charge in [0, 0.05) is 22.9 Å². The van der Waals surface area contributed by atoms with Crippen LogP contribution < -0.4 is 9.88 Å². The molecular formula is C29H29FN4O5S2. The molecule has 2 aliphatic rings. The first-order valence-corrected chi connectivity index (χ1v) is 16.0. The number of benzene rings is 2. The first-order valence-electron chi connectivity index (χ1n) is 13.5. The fourth-order valence-electron chi connectivity index (χ4n) is 5.33. The summed E-state index contributed by atoms with van der Waals surface area (Å²) in [5, 5.41) is 21.5. The fourth-order valence-corrected chi connectivity index (χ4v) is 6.69. The van der Waals surface area contributed by atoms with E-state index in [4.69, 9.17) is 15.0 Å². The number of aromatic carboxylic acids is 1. The molecule has 2 fully saturated rings. The van der Waals surface area contributed by atoms with Gasteiger partial charge in [-0.2, -0.15) is 5.10 Å². The second kappa shape index (κ2) is 11.0. The number of primary sulfonamides is 1. The van der Waals surface area contributed by atoms with Crippen molar-refractivity contribution in [3.05, 3.63) is 76.2 Å². The number of thiazole rings is 1. The van der Waals surface area contributed by atoms with Crippen LogP contribution in [-0.2, 0) is 22.9 Å². The number of carboxylic acid groups (broad SMARTS) is 1. The van der Waals surface area contributed by atoms with Crippen molar-refractivity contribution in [3.63, 3.8) is 0 Å². The zero-order valence-electron chi connectivity index (χ0n) is 22.1. The second-order valence-corrected chi connectivity index (χ2v) is 13.1. The van der Waals surface area contributed by atoms with Crippen LogP contribution in [0.1, 0.15) is 65.8 Å². The number of hydrogen-bond donors (Lipinski definition) is 2. The molecule has 0 atom stereocenters. The predicted octanol–water partition coefficient (Wildman–Crippen LogP) is 5.35. The van der Waals surface area contributed by atoms with E-state index in [1.54, 1.807) is 10.7 Å². The van der Waals surface area contributed by atoms with Crippen molar-refractivity contribution < 1.29 is 27.4 Å². The highest BCUT2D eigenvalue weighted by molar-refractivity contribution is 7.89. The van der Waals surface area contributed by atoms with Gasteiger partial charge in [0.25, 0.3) is 0 Å². The van der Waals surface area contributed by atoms with Gasteiger partial charge in [-0.05, 0) is 80.7 Å². The van der Waals surface area contributed by atoms with Crippen LogP contribution in [0, 0.1) is 11.7 Å². The van der Waals surface area contributed by atoms with Gasteiger partial charge >= 0.3 is 5.97 Å². The Labute approximate surface area is 240 Å². The number of rotatable bonds is 10. The van der Waals surface area contributed by atoms with Crippen LogP contribution in [0.4, 0.5) is 4.39 Å². The summed E-state index contributed by atoms with van der Waals surface area (Å²) >= 11 is 1.19. The number of halogens is 1. The van der Waals surface area contributed by atoms with Crippen LogP contribution in [0.2, 0.25) is 0 Å². The van der Waals surface area contributed by atoms with E-state index >= 15 is 0 Å². The van der Waals surface area contributed by atoms with E-state index in [0.29, 0.717) is 28.7 Å². The number of ether oxygens (including phenoxy) is 1. The van der Waals surface area contributed by atoms with Gasteiger partial charge in [0.2, 0.25) is 15.2 Å². The monoisotopic (exact) mass is 596 g/mol. The molecule has 3 N–H and O–H groups in total. The molecule has 0 bridgehead atoms. The lowest BCUT2D eigenvalue weighted by Crippen LogP contribution is -2.14. The van der Waals surface area contributed by atoms with Gasteiger partial charge in [-0.1, -0.05) is 18.2 Å². The van der Waals surface area contributed by atoms with E-state index in [2.05, 4.69) is 4.98 Å². The Balaban J connectivity index is 1.47. The van der Waals surface area contributed by atoms with Gasteiger partial charge in [-0.3, -0.25) is 0 Å². The van der Waals surface area contributed by atoms with Gasteiger partial charge in [0.05, 0.1) is 17.5 Å². The number of carboxylic acids is 1. The molecule has 41 heavy (non-hydrogen) atoms. The molecule has 2 aromatic carbocycles. The maximum Gasteiger partial charge on any atom is 0.355 e. The Bertz CT molecular complexity index is 1720. The van der Waals surface area contributed by atoms with Crippen LogP contribution in [-0.4, -0.2) is 40.4 Å². The van der Waals surface area contributed by atoms with Crippen molar-refractivity contribution in [2.24, 2.45) is 11.1 Å². The summed E-state index contributed by atoms with van der Waals surface area (Å²) in [6.45, 7) is 0. The highest BCUT2D eigenvalue weighted by Crippen LogP contribution is 2.39. The number of nitrogens with two attached hydrogens (primary N) is 1. The Morgan fingerprint density at radius 1 is 1.15 bits per heavy atom. The molecule has 0 unspecified atom stereocenters. The zero-order valence-corrected chi connectivity index (χ0v) is 23.8. The van der Waals surface area contributed by atoms with E-state index in [0.717, 1.165) is 61.1 Å². The average Bonchev–Trinajstić information content (AvgIpc) is 3.27. The largest absolute Gasteiger partial charge is 0.490 e. The Morgan fingerprint density at radius 2 is 1.93 bits per heavy atom. The fraction of sp³-hybridized carbons (Fsp3) is 0.345. The van der Waals surface area contributed by atoms with Crippen molar-refractivity contribution in [1.82, 2.24) is 14.8 Å². The summed E-state index contributed by atoms with van der Waals surface area (Å²) in [6.07, 6.45) is 7.62. The molecule has 6 rings (SSSR count). The smallest absolute Gasteiger partial charge is 0.355 e. The number of nitrogens with zero attached hydrogens (tertiary/aromatic N) is 3. The highest BCUT2D eigenvalue weighted by atomic mass is 32.2. The third-order valence-corrected chi connectivity index (χ3v) is 9.32. The summed E-state index contributed by atoms with van der Waals surface area (Å²) in [6, 6.07) is 11.6. The molecule has 2 saturated carbocycles. The van der Waals surface area contributed by atoms with Crippen molar-refractivity contribution in [1.29, 1.82) is 0 Å². The molecule has 0 radical (unpaired) electrons. The minimum atomic E-state index is -4.20. The van der Waals surface area contributed by atoms with Crippen molar-refractivity contribution in [3.8, 4) is 22.1 Å². The summed E-state index contributed by atoms with van der Waals surface area (Å²) in [4.78, 5) is 15.3. The SMILES string of the molecule is NS(=O)(=O)c1ccc(Cc2c(-c3cccc(OC4CCCC4)c3)nn(-c3nc(C(=O)O)cs3)c2CC2CC2)cc1F. The molecule has 9 nitrogen and oxygen atoms in total. The number of hydrogen-bond acceptors (Lipinski definition) is 7. The zero-order chi connectivity index (χ0) is 28.7. The lowest BCUT2D eigenvalue weighted by Gasteiger charge is -2.14. The lowest BCUT2D eigenvalue weighted by atomic mass is 9.97. The molecule has 2 aromatic heterocycles. The molecule has 0 spiro atoms. The minimum absolute atomic E-state index is 0.0615. The maximum absolute atomic E-state index is 14.8. The van der Waals surface area contributed by atoms with E-state index in [-0.39, 0.29) is 18.2 Å².